The van der Waals surface area contributed by atoms with Gasteiger partial charge in [0.25, 0.3) is 11.6 Å². The zero-order chi connectivity index (χ0) is 12.3. The molecular weight excluding hydrogens is 222 g/mol. The number of rotatable bonds is 3. The van der Waals surface area contributed by atoms with E-state index in [0.717, 1.165) is 0 Å². The van der Waals surface area contributed by atoms with Gasteiger partial charge in [-0.05, 0) is 25.1 Å². The molecule has 2 rings (SSSR count). The minimum Gasteiger partial charge on any atom is -0.334 e. The first-order chi connectivity index (χ1) is 8.20. The molecule has 0 atom stereocenters. The second-order valence-corrected chi connectivity index (χ2v) is 3.26. The molecule has 86 valence electrons. The Balaban J connectivity index is 2.29. The third-order valence-corrected chi connectivity index (χ3v) is 2.09. The Hall–Kier alpha value is -2.50. The Morgan fingerprint density at radius 3 is 2.65 bits per heavy atom. The smallest absolute Gasteiger partial charge is 0.269 e. The molecule has 0 aliphatic carbocycles. The first-order valence-corrected chi connectivity index (χ1v) is 4.92. The molecule has 6 nitrogen and oxygen atoms in total. The monoisotopic (exact) mass is 231 g/mol. The van der Waals surface area contributed by atoms with E-state index in [1.54, 1.807) is 24.3 Å². The average molecular weight is 231 g/mol. The van der Waals surface area contributed by atoms with Crippen molar-refractivity contribution in [2.45, 2.75) is 6.92 Å². The minimum absolute atomic E-state index is 0.0333. The van der Waals surface area contributed by atoms with Crippen molar-refractivity contribution in [3.05, 3.63) is 46.3 Å². The fourth-order valence-electron chi connectivity index (χ4n) is 1.29. The highest BCUT2D eigenvalue weighted by atomic mass is 16.6. The molecule has 0 saturated heterocycles. The standard InChI is InChI=1S/C11H9N3O3/c1-2-3-10-12-11(13-17-10)8-4-6-9(7-5-8)14(15)16/h2-7H,1H3/b3-2+. The Morgan fingerprint density at radius 1 is 1.35 bits per heavy atom. The van der Waals surface area contributed by atoms with Crippen molar-refractivity contribution >= 4 is 11.8 Å². The summed E-state index contributed by atoms with van der Waals surface area (Å²) in [4.78, 5) is 14.1. The molecule has 0 N–H and O–H groups in total. The summed E-state index contributed by atoms with van der Waals surface area (Å²) in [5.41, 5.74) is 0.709. The van der Waals surface area contributed by atoms with Gasteiger partial charge >= 0.3 is 0 Å². The molecule has 1 aromatic heterocycles. The van der Waals surface area contributed by atoms with Gasteiger partial charge in [0.15, 0.2) is 0 Å². The fraction of sp³-hybridized carbons (Fsp3) is 0.0909. The van der Waals surface area contributed by atoms with Crippen molar-refractivity contribution in [3.63, 3.8) is 0 Å². The van der Waals surface area contributed by atoms with Crippen LogP contribution < -0.4 is 0 Å². The molecule has 6 heteroatoms. The van der Waals surface area contributed by atoms with Crippen molar-refractivity contribution in [3.8, 4) is 11.4 Å². The number of hydrogen-bond donors (Lipinski definition) is 0. The van der Waals surface area contributed by atoms with Crippen LogP contribution in [0.15, 0.2) is 34.9 Å². The molecule has 2 aromatic rings. The number of benzene rings is 1. The van der Waals surface area contributed by atoms with Crippen LogP contribution in [0.5, 0.6) is 0 Å². The molecule has 0 unspecified atom stereocenters. The molecule has 1 heterocycles. The summed E-state index contributed by atoms with van der Waals surface area (Å²) < 4.78 is 4.96. The van der Waals surface area contributed by atoms with E-state index >= 15 is 0 Å². The largest absolute Gasteiger partial charge is 0.334 e. The normalized spacial score (nSPS) is 10.9. The van der Waals surface area contributed by atoms with Crippen LogP contribution in [0.25, 0.3) is 17.5 Å². The maximum Gasteiger partial charge on any atom is 0.269 e. The summed E-state index contributed by atoms with van der Waals surface area (Å²) >= 11 is 0. The van der Waals surface area contributed by atoms with Gasteiger partial charge in [-0.3, -0.25) is 10.1 Å². The second kappa shape index (κ2) is 4.56. The summed E-state index contributed by atoms with van der Waals surface area (Å²) in [6, 6.07) is 5.98. The van der Waals surface area contributed by atoms with Crippen molar-refractivity contribution in [1.29, 1.82) is 0 Å². The molecule has 0 saturated carbocycles. The Bertz CT molecular complexity index is 558. The van der Waals surface area contributed by atoms with Gasteiger partial charge in [-0.25, -0.2) is 0 Å². The predicted octanol–water partition coefficient (Wildman–Crippen LogP) is 2.68. The average Bonchev–Trinajstić information content (AvgIpc) is 2.78. The van der Waals surface area contributed by atoms with E-state index in [-0.39, 0.29) is 5.69 Å². The van der Waals surface area contributed by atoms with Crippen LogP contribution in [0.4, 0.5) is 5.69 Å². The zero-order valence-corrected chi connectivity index (χ0v) is 9.03. The van der Waals surface area contributed by atoms with E-state index in [1.165, 1.54) is 12.1 Å². The summed E-state index contributed by atoms with van der Waals surface area (Å²) in [6.07, 6.45) is 3.47. The van der Waals surface area contributed by atoms with Gasteiger partial charge in [0, 0.05) is 17.7 Å². The van der Waals surface area contributed by atoms with Crippen molar-refractivity contribution in [2.24, 2.45) is 0 Å². The molecule has 17 heavy (non-hydrogen) atoms. The lowest BCUT2D eigenvalue weighted by atomic mass is 10.2. The van der Waals surface area contributed by atoms with Crippen molar-refractivity contribution in [2.75, 3.05) is 0 Å². The van der Waals surface area contributed by atoms with E-state index in [2.05, 4.69) is 10.1 Å². The van der Waals surface area contributed by atoms with E-state index in [9.17, 15) is 10.1 Å². The lowest BCUT2D eigenvalue weighted by Gasteiger charge is -1.93. The van der Waals surface area contributed by atoms with Crippen molar-refractivity contribution < 1.29 is 9.45 Å². The highest BCUT2D eigenvalue weighted by Gasteiger charge is 2.09. The topological polar surface area (TPSA) is 82.1 Å². The second-order valence-electron chi connectivity index (χ2n) is 3.26. The van der Waals surface area contributed by atoms with Crippen LogP contribution >= 0.6 is 0 Å². The molecule has 0 aliphatic rings. The maximum atomic E-state index is 10.5. The van der Waals surface area contributed by atoms with Crippen LogP contribution in [0, 0.1) is 10.1 Å². The summed E-state index contributed by atoms with van der Waals surface area (Å²) in [6.45, 7) is 1.84. The molecule has 0 radical (unpaired) electrons. The number of nitrogens with zero attached hydrogens (tertiary/aromatic N) is 3. The highest BCUT2D eigenvalue weighted by Crippen LogP contribution is 2.19. The zero-order valence-electron chi connectivity index (χ0n) is 9.03. The molecule has 0 amide bonds. The molecule has 0 fully saturated rings. The molecule has 0 spiro atoms. The molecule has 0 bridgehead atoms. The quantitative estimate of drug-likeness (QED) is 0.599. The number of hydrogen-bond acceptors (Lipinski definition) is 5. The van der Waals surface area contributed by atoms with Gasteiger partial charge in [-0.1, -0.05) is 11.2 Å². The van der Waals surface area contributed by atoms with Gasteiger partial charge in [-0.15, -0.1) is 0 Å². The van der Waals surface area contributed by atoms with E-state index in [4.69, 9.17) is 4.52 Å². The number of allylic oxidation sites excluding steroid dienone is 1. The SMILES string of the molecule is C/C=C/c1nc(-c2ccc([N+](=O)[O-])cc2)no1. The van der Waals surface area contributed by atoms with Gasteiger partial charge in [0.2, 0.25) is 5.82 Å². The van der Waals surface area contributed by atoms with E-state index < -0.39 is 4.92 Å². The van der Waals surface area contributed by atoms with Crippen LogP contribution in [0.1, 0.15) is 12.8 Å². The number of aromatic nitrogens is 2. The number of nitro benzene ring substituents is 1. The van der Waals surface area contributed by atoms with E-state index in [1.807, 2.05) is 6.92 Å². The van der Waals surface area contributed by atoms with Gasteiger partial charge in [0.05, 0.1) is 4.92 Å². The summed E-state index contributed by atoms with van der Waals surface area (Å²) in [5.74, 6) is 0.814. The fourth-order valence-corrected chi connectivity index (χ4v) is 1.29. The van der Waals surface area contributed by atoms with Gasteiger partial charge in [-0.2, -0.15) is 4.98 Å². The van der Waals surface area contributed by atoms with Gasteiger partial charge < -0.3 is 4.52 Å². The first-order valence-electron chi connectivity index (χ1n) is 4.92. The third kappa shape index (κ3) is 2.36. The molecule has 1 aromatic carbocycles. The Morgan fingerprint density at radius 2 is 2.06 bits per heavy atom. The maximum absolute atomic E-state index is 10.5. The number of nitro groups is 1. The lowest BCUT2D eigenvalue weighted by molar-refractivity contribution is -0.384. The van der Waals surface area contributed by atoms with Gasteiger partial charge in [0.1, 0.15) is 0 Å². The molecular formula is C11H9N3O3. The number of non-ortho nitro benzene ring substituents is 1. The van der Waals surface area contributed by atoms with E-state index in [0.29, 0.717) is 17.3 Å². The summed E-state index contributed by atoms with van der Waals surface area (Å²) in [5, 5.41) is 14.3. The van der Waals surface area contributed by atoms with Crippen LogP contribution in [-0.2, 0) is 0 Å². The van der Waals surface area contributed by atoms with Crippen molar-refractivity contribution in [1.82, 2.24) is 10.1 Å². The van der Waals surface area contributed by atoms with Crippen LogP contribution in [0.2, 0.25) is 0 Å². The van der Waals surface area contributed by atoms with Crippen LogP contribution in [-0.4, -0.2) is 15.1 Å². The first kappa shape index (κ1) is 11.0. The predicted molar refractivity (Wildman–Crippen MR) is 61.1 cm³/mol. The highest BCUT2D eigenvalue weighted by molar-refractivity contribution is 5.57. The Kier molecular flexibility index (Phi) is 2.95. The lowest BCUT2D eigenvalue weighted by Crippen LogP contribution is -1.87. The third-order valence-electron chi connectivity index (χ3n) is 2.09. The summed E-state index contributed by atoms with van der Waals surface area (Å²) in [7, 11) is 0. The molecule has 0 aliphatic heterocycles. The van der Waals surface area contributed by atoms with Crippen LogP contribution in [0.3, 0.4) is 0 Å². The Labute approximate surface area is 96.7 Å². The minimum atomic E-state index is -0.453.